The van der Waals surface area contributed by atoms with E-state index in [9.17, 15) is 10.1 Å². The topological polar surface area (TPSA) is 87.5 Å². The van der Waals surface area contributed by atoms with E-state index in [1.165, 1.54) is 22.4 Å². The quantitative estimate of drug-likeness (QED) is 0.359. The average Bonchev–Trinajstić information content (AvgIpc) is 3.32. The number of carbonyl (C=O) groups excluding carboxylic acids is 1. The van der Waals surface area contributed by atoms with Gasteiger partial charge < -0.3 is 9.47 Å². The molecule has 1 aliphatic heterocycles. The summed E-state index contributed by atoms with van der Waals surface area (Å²) in [7, 11) is 3.09. The van der Waals surface area contributed by atoms with Crippen LogP contribution in [0.15, 0.2) is 54.4 Å². The number of amides is 1. The van der Waals surface area contributed by atoms with Gasteiger partial charge in [0.1, 0.15) is 22.3 Å². The summed E-state index contributed by atoms with van der Waals surface area (Å²) in [5, 5.41) is 13.1. The molecule has 4 rings (SSSR count). The van der Waals surface area contributed by atoms with Crippen molar-refractivity contribution in [2.24, 2.45) is 0 Å². The molecule has 1 aliphatic rings. The first-order chi connectivity index (χ1) is 15.0. The van der Waals surface area contributed by atoms with Gasteiger partial charge in [-0.15, -0.1) is 11.3 Å². The molecule has 2 aromatic carbocycles. The highest BCUT2D eigenvalue weighted by molar-refractivity contribution is 7.80. The lowest BCUT2D eigenvalue weighted by Gasteiger charge is -2.13. The fourth-order valence-corrected chi connectivity index (χ4v) is 4.22. The Morgan fingerprint density at radius 3 is 2.71 bits per heavy atom. The Labute approximate surface area is 187 Å². The number of rotatable bonds is 5. The molecule has 1 N–H and O–H groups in total. The van der Waals surface area contributed by atoms with E-state index in [1.807, 2.05) is 24.3 Å². The zero-order chi connectivity index (χ0) is 22.0. The lowest BCUT2D eigenvalue weighted by molar-refractivity contribution is -0.115. The van der Waals surface area contributed by atoms with Crippen LogP contribution in [0, 0.1) is 11.3 Å². The van der Waals surface area contributed by atoms with E-state index >= 15 is 0 Å². The number of nitrogens with zero attached hydrogens (tertiary/aromatic N) is 3. The zero-order valence-electron chi connectivity index (χ0n) is 16.6. The van der Waals surface area contributed by atoms with Gasteiger partial charge >= 0.3 is 0 Å². The third-order valence-electron chi connectivity index (χ3n) is 4.55. The minimum Gasteiger partial charge on any atom is -0.493 e. The van der Waals surface area contributed by atoms with Crippen LogP contribution >= 0.6 is 23.6 Å². The largest absolute Gasteiger partial charge is 0.493 e. The van der Waals surface area contributed by atoms with Crippen molar-refractivity contribution >= 4 is 56.4 Å². The molecule has 0 spiro atoms. The SMILES string of the molecule is COc1ccc(/C=C2/C(=O)NC(=S)N2/C=C(\C#N)c2nc3ccccc3s2)cc1OC. The molecule has 1 saturated heterocycles. The van der Waals surface area contributed by atoms with Crippen LogP contribution in [0.2, 0.25) is 0 Å². The predicted molar refractivity (Wildman–Crippen MR) is 123 cm³/mol. The van der Waals surface area contributed by atoms with Gasteiger partial charge in [0.15, 0.2) is 16.6 Å². The van der Waals surface area contributed by atoms with E-state index in [4.69, 9.17) is 21.7 Å². The number of nitrogens with one attached hydrogen (secondary N) is 1. The normalized spacial score (nSPS) is 15.3. The number of carbonyl (C=O) groups is 1. The monoisotopic (exact) mass is 448 g/mol. The third-order valence-corrected chi connectivity index (χ3v) is 5.91. The van der Waals surface area contributed by atoms with Gasteiger partial charge in [0.25, 0.3) is 5.91 Å². The maximum Gasteiger partial charge on any atom is 0.274 e. The van der Waals surface area contributed by atoms with E-state index in [0.29, 0.717) is 27.6 Å². The summed E-state index contributed by atoms with van der Waals surface area (Å²) < 4.78 is 11.6. The minimum atomic E-state index is -0.363. The molecular formula is C22H16N4O3S2. The fraction of sp³-hybridized carbons (Fsp3) is 0.0909. The highest BCUT2D eigenvalue weighted by atomic mass is 32.1. The second kappa shape index (κ2) is 8.55. The van der Waals surface area contributed by atoms with Crippen LogP contribution in [0.1, 0.15) is 10.6 Å². The summed E-state index contributed by atoms with van der Waals surface area (Å²) in [5.74, 6) is 0.750. The molecule has 0 aliphatic carbocycles. The molecule has 9 heteroatoms. The molecule has 7 nitrogen and oxygen atoms in total. The number of methoxy groups -OCH3 is 2. The van der Waals surface area contributed by atoms with Crippen molar-refractivity contribution in [2.75, 3.05) is 14.2 Å². The number of nitriles is 1. The molecule has 0 unspecified atom stereocenters. The van der Waals surface area contributed by atoms with Crippen molar-refractivity contribution in [3.8, 4) is 17.6 Å². The van der Waals surface area contributed by atoms with Gasteiger partial charge in [-0.3, -0.25) is 15.0 Å². The Bertz CT molecular complexity index is 1270. The van der Waals surface area contributed by atoms with Gasteiger partial charge in [0.2, 0.25) is 0 Å². The van der Waals surface area contributed by atoms with Gasteiger partial charge in [0.05, 0.1) is 24.4 Å². The van der Waals surface area contributed by atoms with Crippen molar-refractivity contribution in [1.29, 1.82) is 5.26 Å². The maximum absolute atomic E-state index is 12.5. The molecule has 0 radical (unpaired) electrons. The van der Waals surface area contributed by atoms with Gasteiger partial charge in [-0.1, -0.05) is 18.2 Å². The average molecular weight is 449 g/mol. The number of para-hydroxylation sites is 1. The van der Waals surface area contributed by atoms with Crippen LogP contribution in [-0.4, -0.2) is 35.1 Å². The second-order valence-electron chi connectivity index (χ2n) is 6.41. The van der Waals surface area contributed by atoms with Crippen LogP contribution in [0.4, 0.5) is 0 Å². The number of aromatic nitrogens is 1. The smallest absolute Gasteiger partial charge is 0.274 e. The van der Waals surface area contributed by atoms with Crippen molar-refractivity contribution < 1.29 is 14.3 Å². The molecule has 0 atom stereocenters. The lowest BCUT2D eigenvalue weighted by atomic mass is 10.1. The number of thiocarbonyl (C=S) groups is 1. The van der Waals surface area contributed by atoms with Crippen LogP contribution < -0.4 is 14.8 Å². The van der Waals surface area contributed by atoms with Crippen molar-refractivity contribution in [1.82, 2.24) is 15.2 Å². The maximum atomic E-state index is 12.5. The molecule has 2 heterocycles. The summed E-state index contributed by atoms with van der Waals surface area (Å²) in [6.07, 6.45) is 3.20. The predicted octanol–water partition coefficient (Wildman–Crippen LogP) is 3.94. The first-order valence-electron chi connectivity index (χ1n) is 9.10. The van der Waals surface area contributed by atoms with Gasteiger partial charge in [0, 0.05) is 6.20 Å². The summed E-state index contributed by atoms with van der Waals surface area (Å²) in [4.78, 5) is 18.5. The van der Waals surface area contributed by atoms with Crippen LogP contribution in [0.3, 0.4) is 0 Å². The third kappa shape index (κ3) is 3.99. The van der Waals surface area contributed by atoms with Crippen LogP contribution in [0.25, 0.3) is 21.9 Å². The lowest BCUT2D eigenvalue weighted by Crippen LogP contribution is -2.23. The molecule has 1 amide bonds. The Morgan fingerprint density at radius 1 is 1.23 bits per heavy atom. The number of thiazole rings is 1. The zero-order valence-corrected chi connectivity index (χ0v) is 18.2. The van der Waals surface area contributed by atoms with Gasteiger partial charge in [-0.2, -0.15) is 5.26 Å². The minimum absolute atomic E-state index is 0.186. The van der Waals surface area contributed by atoms with Crippen LogP contribution in [0.5, 0.6) is 11.5 Å². The van der Waals surface area contributed by atoms with Crippen molar-refractivity contribution in [3.63, 3.8) is 0 Å². The van der Waals surface area contributed by atoms with Gasteiger partial charge in [-0.25, -0.2) is 4.98 Å². The van der Waals surface area contributed by atoms with E-state index in [1.54, 1.807) is 38.5 Å². The van der Waals surface area contributed by atoms with E-state index in [2.05, 4.69) is 16.4 Å². The van der Waals surface area contributed by atoms with Gasteiger partial charge in [-0.05, 0) is 48.1 Å². The summed E-state index contributed by atoms with van der Waals surface area (Å²) in [6.45, 7) is 0. The molecule has 3 aromatic rings. The molecule has 0 saturated carbocycles. The first kappa shape index (κ1) is 20.5. The molecule has 1 fully saturated rings. The number of ether oxygens (including phenoxy) is 2. The number of hydrogen-bond donors (Lipinski definition) is 1. The molecule has 154 valence electrons. The standard InChI is InChI=1S/C22H16N4O3S2/c1-28-17-8-7-13(10-18(17)29-2)9-16-20(27)25-22(30)26(16)12-14(11-23)21-24-15-5-3-4-6-19(15)31-21/h3-10,12H,1-2H3,(H,25,27,30)/b14-12+,16-9-. The molecule has 0 bridgehead atoms. The number of fused-ring (bicyclic) bond motifs is 1. The van der Waals surface area contributed by atoms with E-state index in [0.717, 1.165) is 10.2 Å². The summed E-state index contributed by atoms with van der Waals surface area (Å²) >= 11 is 6.72. The van der Waals surface area contributed by atoms with Crippen molar-refractivity contribution in [3.05, 3.63) is 64.9 Å². The molecular weight excluding hydrogens is 432 g/mol. The number of benzene rings is 2. The highest BCUT2D eigenvalue weighted by Crippen LogP contribution is 2.31. The Morgan fingerprint density at radius 2 is 2.00 bits per heavy atom. The fourth-order valence-electron chi connectivity index (χ4n) is 3.05. The second-order valence-corrected chi connectivity index (χ2v) is 7.83. The molecule has 31 heavy (non-hydrogen) atoms. The van der Waals surface area contributed by atoms with Crippen LogP contribution in [-0.2, 0) is 4.79 Å². The van der Waals surface area contributed by atoms with E-state index in [-0.39, 0.29) is 16.7 Å². The summed E-state index contributed by atoms with van der Waals surface area (Å²) in [5.41, 5.74) is 2.11. The Balaban J connectivity index is 1.75. The highest BCUT2D eigenvalue weighted by Gasteiger charge is 2.30. The first-order valence-corrected chi connectivity index (χ1v) is 10.3. The summed E-state index contributed by atoms with van der Waals surface area (Å²) in [6, 6.07) is 15.1. The van der Waals surface area contributed by atoms with Crippen molar-refractivity contribution in [2.45, 2.75) is 0 Å². The van der Waals surface area contributed by atoms with E-state index < -0.39 is 0 Å². The number of hydrogen-bond acceptors (Lipinski definition) is 7. The Hall–Kier alpha value is -3.74. The molecule has 1 aromatic heterocycles. The Kier molecular flexibility index (Phi) is 5.66. The number of allylic oxidation sites excluding steroid dienone is 1.